The van der Waals surface area contributed by atoms with Gasteiger partial charge in [-0.25, -0.2) is 8.42 Å². The molecule has 0 atom stereocenters. The smallest absolute Gasteiger partial charge is 0.351 e. The Labute approximate surface area is 157 Å². The number of aryl methyl sites for hydroxylation is 1. The molecule has 0 amide bonds. The van der Waals surface area contributed by atoms with Crippen molar-refractivity contribution in [3.05, 3.63) is 64.9 Å². The second-order valence-electron chi connectivity index (χ2n) is 5.67. The summed E-state index contributed by atoms with van der Waals surface area (Å²) in [6.45, 7) is 1.57. The van der Waals surface area contributed by atoms with Crippen LogP contribution in [0, 0.1) is 6.92 Å². The van der Waals surface area contributed by atoms with Crippen LogP contribution in [0.3, 0.4) is 0 Å². The fourth-order valence-electron chi connectivity index (χ4n) is 2.36. The lowest BCUT2D eigenvalue weighted by molar-refractivity contribution is -0.155. The van der Waals surface area contributed by atoms with E-state index in [1.54, 1.807) is 19.1 Å². The van der Waals surface area contributed by atoms with Gasteiger partial charge in [0.25, 0.3) is 10.0 Å². The minimum atomic E-state index is -4.68. The topological polar surface area (TPSA) is 72.2 Å². The average molecular weight is 417 g/mol. The minimum Gasteiger partial charge on any atom is -0.351 e. The summed E-state index contributed by atoms with van der Waals surface area (Å²) >= 11 is 5.85. The van der Waals surface area contributed by atoms with Crippen molar-refractivity contribution in [1.29, 1.82) is 0 Å². The van der Waals surface area contributed by atoms with Crippen molar-refractivity contribution in [2.24, 2.45) is 0 Å². The van der Waals surface area contributed by atoms with Crippen LogP contribution >= 0.6 is 11.6 Å². The van der Waals surface area contributed by atoms with Gasteiger partial charge < -0.3 is 4.52 Å². The second kappa shape index (κ2) is 6.90. The Hall–Kier alpha value is -2.52. The molecule has 0 aliphatic heterocycles. The largest absolute Gasteiger partial charge is 0.452 e. The molecule has 27 heavy (non-hydrogen) atoms. The molecule has 0 saturated carbocycles. The number of halogens is 4. The lowest BCUT2D eigenvalue weighted by Gasteiger charge is -2.11. The van der Waals surface area contributed by atoms with E-state index >= 15 is 0 Å². The van der Waals surface area contributed by atoms with Crippen molar-refractivity contribution < 1.29 is 26.1 Å². The number of anilines is 1. The first-order chi connectivity index (χ1) is 12.6. The summed E-state index contributed by atoms with van der Waals surface area (Å²) in [5.41, 5.74) is 0.716. The first-order valence-electron chi connectivity index (χ1n) is 7.49. The van der Waals surface area contributed by atoms with E-state index in [2.05, 4.69) is 14.4 Å². The van der Waals surface area contributed by atoms with Gasteiger partial charge in [0, 0.05) is 16.7 Å². The van der Waals surface area contributed by atoms with E-state index in [1.807, 2.05) is 0 Å². The Morgan fingerprint density at radius 3 is 2.48 bits per heavy atom. The van der Waals surface area contributed by atoms with Crippen LogP contribution in [0.25, 0.3) is 11.3 Å². The molecule has 0 aliphatic carbocycles. The van der Waals surface area contributed by atoms with Crippen LogP contribution in [0.2, 0.25) is 5.02 Å². The molecule has 0 saturated heterocycles. The fourth-order valence-corrected chi connectivity index (χ4v) is 3.87. The summed E-state index contributed by atoms with van der Waals surface area (Å²) in [4.78, 5) is -0.100. The highest BCUT2D eigenvalue weighted by Gasteiger charge is 2.36. The normalized spacial score (nSPS) is 12.2. The van der Waals surface area contributed by atoms with E-state index in [4.69, 9.17) is 11.6 Å². The van der Waals surface area contributed by atoms with Crippen molar-refractivity contribution in [3.63, 3.8) is 0 Å². The Kier molecular flexibility index (Phi) is 4.92. The van der Waals surface area contributed by atoms with Gasteiger partial charge in [-0.2, -0.15) is 13.2 Å². The van der Waals surface area contributed by atoms with E-state index in [0.717, 1.165) is 0 Å². The number of aromatic nitrogens is 1. The van der Waals surface area contributed by atoms with Gasteiger partial charge in [-0.05, 0) is 36.8 Å². The van der Waals surface area contributed by atoms with Crippen LogP contribution in [0.15, 0.2) is 57.9 Å². The number of nitrogens with zero attached hydrogens (tertiary/aromatic N) is 1. The van der Waals surface area contributed by atoms with Gasteiger partial charge in [0.2, 0.25) is 5.76 Å². The molecule has 1 N–H and O–H groups in total. The third kappa shape index (κ3) is 4.25. The molecule has 3 rings (SSSR count). The molecule has 3 aromatic rings. The van der Waals surface area contributed by atoms with E-state index in [9.17, 15) is 21.6 Å². The monoisotopic (exact) mass is 416 g/mol. The van der Waals surface area contributed by atoms with Crippen LogP contribution in [0.5, 0.6) is 0 Å². The molecule has 2 aromatic carbocycles. The van der Waals surface area contributed by atoms with E-state index in [0.29, 0.717) is 16.7 Å². The first-order valence-corrected chi connectivity index (χ1v) is 9.36. The van der Waals surface area contributed by atoms with Crippen LogP contribution < -0.4 is 4.72 Å². The Bertz CT molecular complexity index is 1090. The van der Waals surface area contributed by atoms with E-state index in [1.165, 1.54) is 30.3 Å². The van der Waals surface area contributed by atoms with Crippen LogP contribution in [-0.4, -0.2) is 13.6 Å². The number of nitrogens with one attached hydrogen (secondary N) is 1. The lowest BCUT2D eigenvalue weighted by atomic mass is 10.1. The van der Waals surface area contributed by atoms with Crippen LogP contribution in [-0.2, 0) is 16.2 Å². The van der Waals surface area contributed by atoms with Gasteiger partial charge in [0.05, 0.1) is 10.6 Å². The lowest BCUT2D eigenvalue weighted by Crippen LogP contribution is -2.14. The third-order valence-electron chi connectivity index (χ3n) is 3.64. The number of hydrogen-bond donors (Lipinski definition) is 1. The standard InChI is InChI=1S/C17H12ClF3N2O3S/c1-10-5-6-11(14-9-16(26-22-14)17(19,20)21)7-15(10)27(24,25)23-13-4-2-3-12(18)8-13/h2-9,23H,1H3. The highest BCUT2D eigenvalue weighted by Crippen LogP contribution is 2.33. The van der Waals surface area contributed by atoms with E-state index < -0.39 is 22.0 Å². The predicted octanol–water partition coefficient (Wildman–Crippen LogP) is 5.12. The third-order valence-corrected chi connectivity index (χ3v) is 5.40. The van der Waals surface area contributed by atoms with Crippen molar-refractivity contribution >= 4 is 27.3 Å². The molecular formula is C17H12ClF3N2O3S. The minimum absolute atomic E-state index is 0.100. The second-order valence-corrected chi connectivity index (χ2v) is 7.76. The van der Waals surface area contributed by atoms with Gasteiger partial charge in [-0.15, -0.1) is 0 Å². The molecule has 1 heterocycles. The molecule has 10 heteroatoms. The zero-order chi connectivity index (χ0) is 19.8. The van der Waals surface area contributed by atoms with Gasteiger partial charge >= 0.3 is 6.18 Å². The van der Waals surface area contributed by atoms with E-state index in [-0.39, 0.29) is 21.8 Å². The molecule has 0 spiro atoms. The molecule has 142 valence electrons. The molecule has 0 bridgehead atoms. The fraction of sp³-hybridized carbons (Fsp3) is 0.118. The maximum Gasteiger partial charge on any atom is 0.452 e. The summed E-state index contributed by atoms with van der Waals surface area (Å²) in [5, 5.41) is 3.72. The molecule has 0 aliphatic rings. The summed E-state index contributed by atoms with van der Waals surface area (Å²) in [6.07, 6.45) is -4.68. The number of sulfonamides is 1. The molecule has 5 nitrogen and oxygen atoms in total. The molecule has 1 aromatic heterocycles. The maximum absolute atomic E-state index is 12.7. The van der Waals surface area contributed by atoms with Crippen molar-refractivity contribution in [2.75, 3.05) is 4.72 Å². The highest BCUT2D eigenvalue weighted by molar-refractivity contribution is 7.92. The maximum atomic E-state index is 12.7. The molecule has 0 unspecified atom stereocenters. The Balaban J connectivity index is 1.99. The highest BCUT2D eigenvalue weighted by atomic mass is 35.5. The molecule has 0 radical (unpaired) electrons. The van der Waals surface area contributed by atoms with Gasteiger partial charge in [0.1, 0.15) is 5.69 Å². The van der Waals surface area contributed by atoms with Gasteiger partial charge in [0.15, 0.2) is 0 Å². The summed E-state index contributed by atoms with van der Waals surface area (Å²) in [6, 6.07) is 11.0. The molecule has 0 fully saturated rings. The number of rotatable bonds is 4. The Morgan fingerprint density at radius 2 is 1.85 bits per heavy atom. The van der Waals surface area contributed by atoms with Gasteiger partial charge in [-0.1, -0.05) is 35.0 Å². The first kappa shape index (κ1) is 19.2. The zero-order valence-corrected chi connectivity index (χ0v) is 15.3. The quantitative estimate of drug-likeness (QED) is 0.640. The number of hydrogen-bond acceptors (Lipinski definition) is 4. The van der Waals surface area contributed by atoms with Crippen LogP contribution in [0.4, 0.5) is 18.9 Å². The van der Waals surface area contributed by atoms with Crippen molar-refractivity contribution in [1.82, 2.24) is 5.16 Å². The summed E-state index contributed by atoms with van der Waals surface area (Å²) in [7, 11) is -4.00. The molecular weight excluding hydrogens is 405 g/mol. The number of alkyl halides is 3. The van der Waals surface area contributed by atoms with Crippen molar-refractivity contribution in [2.45, 2.75) is 18.0 Å². The van der Waals surface area contributed by atoms with Gasteiger partial charge in [-0.3, -0.25) is 4.72 Å². The summed E-state index contributed by atoms with van der Waals surface area (Å²) in [5.74, 6) is -1.26. The average Bonchev–Trinajstić information content (AvgIpc) is 3.05. The van der Waals surface area contributed by atoms with Crippen molar-refractivity contribution in [3.8, 4) is 11.3 Å². The Morgan fingerprint density at radius 1 is 1.11 bits per heavy atom. The zero-order valence-electron chi connectivity index (χ0n) is 13.7. The predicted molar refractivity (Wildman–Crippen MR) is 93.9 cm³/mol. The van der Waals surface area contributed by atoms with Crippen LogP contribution in [0.1, 0.15) is 11.3 Å². The number of benzene rings is 2. The SMILES string of the molecule is Cc1ccc(-c2cc(C(F)(F)F)on2)cc1S(=O)(=O)Nc1cccc(Cl)c1. The summed E-state index contributed by atoms with van der Waals surface area (Å²) < 4.78 is 70.1.